The van der Waals surface area contributed by atoms with Gasteiger partial charge in [-0.25, -0.2) is 0 Å². The molecule has 0 amide bonds. The highest BCUT2D eigenvalue weighted by molar-refractivity contribution is 7.09. The lowest BCUT2D eigenvalue weighted by atomic mass is 10.2. The van der Waals surface area contributed by atoms with Crippen molar-refractivity contribution in [3.05, 3.63) is 16.6 Å². The van der Waals surface area contributed by atoms with Crippen molar-refractivity contribution in [3.8, 4) is 0 Å². The van der Waals surface area contributed by atoms with Crippen molar-refractivity contribution in [2.24, 2.45) is 0 Å². The van der Waals surface area contributed by atoms with Crippen molar-refractivity contribution < 1.29 is 9.90 Å². The number of carboxylic acid groups (broad SMARTS) is 1. The molecule has 1 aromatic rings. The highest BCUT2D eigenvalue weighted by Crippen LogP contribution is 2.24. The number of aromatic nitrogens is 1. The van der Waals surface area contributed by atoms with Crippen LogP contribution in [0.5, 0.6) is 0 Å². The van der Waals surface area contributed by atoms with E-state index >= 15 is 0 Å². The van der Waals surface area contributed by atoms with Crippen molar-refractivity contribution >= 4 is 17.3 Å². The minimum atomic E-state index is -0.791. The predicted octanol–water partition coefficient (Wildman–Crippen LogP) is 0.174. The zero-order valence-electron chi connectivity index (χ0n) is 8.22. The number of carbonyl (C=O) groups is 1. The molecule has 0 radical (unpaired) electrons. The maximum absolute atomic E-state index is 11.2. The maximum Gasteiger partial charge on any atom is 0.326 e. The van der Waals surface area contributed by atoms with Crippen molar-refractivity contribution in [2.45, 2.75) is 6.04 Å². The molecule has 5 nitrogen and oxygen atoms in total. The van der Waals surface area contributed by atoms with E-state index in [-0.39, 0.29) is 0 Å². The molecule has 0 saturated carbocycles. The van der Waals surface area contributed by atoms with E-state index in [1.807, 2.05) is 4.90 Å². The van der Waals surface area contributed by atoms with Gasteiger partial charge in [-0.3, -0.25) is 14.7 Å². The molecule has 1 saturated heterocycles. The first-order valence-corrected chi connectivity index (χ1v) is 5.73. The Balaban J connectivity index is 2.15. The summed E-state index contributed by atoms with van der Waals surface area (Å²) in [6.07, 6.45) is 1.64. The summed E-state index contributed by atoms with van der Waals surface area (Å²) >= 11 is 1.40. The lowest BCUT2D eigenvalue weighted by Crippen LogP contribution is -2.47. The third kappa shape index (κ3) is 2.34. The fourth-order valence-corrected chi connectivity index (χ4v) is 2.50. The minimum absolute atomic E-state index is 0.528. The van der Waals surface area contributed by atoms with Crippen LogP contribution in [0.15, 0.2) is 11.7 Å². The minimum Gasteiger partial charge on any atom is -0.480 e. The van der Waals surface area contributed by atoms with E-state index in [0.29, 0.717) is 0 Å². The van der Waals surface area contributed by atoms with Crippen molar-refractivity contribution in [2.75, 3.05) is 26.2 Å². The molecule has 15 heavy (non-hydrogen) atoms. The van der Waals surface area contributed by atoms with Gasteiger partial charge in [-0.2, -0.15) is 0 Å². The van der Waals surface area contributed by atoms with Crippen LogP contribution in [0.3, 0.4) is 0 Å². The second kappa shape index (κ2) is 4.69. The molecule has 6 heteroatoms. The number of aliphatic carboxylic acids is 1. The van der Waals surface area contributed by atoms with Gasteiger partial charge in [-0.1, -0.05) is 0 Å². The Bertz CT molecular complexity index is 322. The smallest absolute Gasteiger partial charge is 0.326 e. The molecule has 82 valence electrons. The quantitative estimate of drug-likeness (QED) is 0.771. The molecule has 0 bridgehead atoms. The van der Waals surface area contributed by atoms with Crippen LogP contribution in [0, 0.1) is 0 Å². The number of rotatable bonds is 3. The number of piperazine rings is 1. The third-order valence-electron chi connectivity index (χ3n) is 2.47. The molecule has 1 aliphatic heterocycles. The summed E-state index contributed by atoms with van der Waals surface area (Å²) in [4.78, 5) is 17.9. The molecule has 2 N–H and O–H groups in total. The van der Waals surface area contributed by atoms with Crippen LogP contribution in [-0.2, 0) is 4.79 Å². The van der Waals surface area contributed by atoms with Gasteiger partial charge in [-0.15, -0.1) is 11.3 Å². The first kappa shape index (κ1) is 10.5. The fourth-order valence-electron chi connectivity index (χ4n) is 1.76. The van der Waals surface area contributed by atoms with Gasteiger partial charge in [0.05, 0.1) is 10.4 Å². The molecular formula is C9H13N3O2S. The Morgan fingerprint density at radius 1 is 1.60 bits per heavy atom. The summed E-state index contributed by atoms with van der Waals surface area (Å²) in [5, 5.41) is 12.4. The first-order chi connectivity index (χ1) is 7.29. The summed E-state index contributed by atoms with van der Waals surface area (Å²) in [7, 11) is 0. The number of hydrogen-bond acceptors (Lipinski definition) is 5. The zero-order chi connectivity index (χ0) is 10.7. The average molecular weight is 227 g/mol. The largest absolute Gasteiger partial charge is 0.480 e. The van der Waals surface area contributed by atoms with Crippen LogP contribution < -0.4 is 5.32 Å². The fraction of sp³-hybridized carbons (Fsp3) is 0.556. The van der Waals surface area contributed by atoms with Crippen LogP contribution in [-0.4, -0.2) is 47.1 Å². The monoisotopic (exact) mass is 227 g/mol. The molecule has 1 atom stereocenters. The van der Waals surface area contributed by atoms with Crippen LogP contribution in [0.25, 0.3) is 0 Å². The normalized spacial score (nSPS) is 20.0. The van der Waals surface area contributed by atoms with Crippen LogP contribution in [0.1, 0.15) is 10.9 Å². The molecule has 0 spiro atoms. The average Bonchev–Trinajstić information content (AvgIpc) is 2.72. The summed E-state index contributed by atoms with van der Waals surface area (Å²) in [6, 6.07) is -0.528. The van der Waals surface area contributed by atoms with Gasteiger partial charge >= 0.3 is 5.97 Å². The molecule has 0 aliphatic carbocycles. The standard InChI is InChI=1S/C9H13N3O2S/c13-9(14)8(7-5-11-6-15-7)12-3-1-10-2-4-12/h5-6,8,10H,1-4H2,(H,13,14). The van der Waals surface area contributed by atoms with Crippen LogP contribution in [0.4, 0.5) is 0 Å². The molecule has 0 aromatic carbocycles. The lowest BCUT2D eigenvalue weighted by Gasteiger charge is -2.31. The van der Waals surface area contributed by atoms with E-state index in [1.165, 1.54) is 11.3 Å². The van der Waals surface area contributed by atoms with Crippen molar-refractivity contribution in [1.29, 1.82) is 0 Å². The number of thiazole rings is 1. The summed E-state index contributed by atoms with van der Waals surface area (Å²) in [5.41, 5.74) is 1.67. The van der Waals surface area contributed by atoms with Gasteiger partial charge < -0.3 is 10.4 Å². The summed E-state index contributed by atoms with van der Waals surface area (Å²) < 4.78 is 0. The van der Waals surface area contributed by atoms with E-state index in [0.717, 1.165) is 31.1 Å². The van der Waals surface area contributed by atoms with Crippen molar-refractivity contribution in [3.63, 3.8) is 0 Å². The predicted molar refractivity (Wildman–Crippen MR) is 56.9 cm³/mol. The Morgan fingerprint density at radius 2 is 2.33 bits per heavy atom. The molecule has 1 fully saturated rings. The molecule has 1 aromatic heterocycles. The lowest BCUT2D eigenvalue weighted by molar-refractivity contribution is -0.143. The van der Waals surface area contributed by atoms with Gasteiger partial charge in [0.15, 0.2) is 0 Å². The van der Waals surface area contributed by atoms with Gasteiger partial charge in [0.1, 0.15) is 6.04 Å². The number of nitrogens with zero attached hydrogens (tertiary/aromatic N) is 2. The topological polar surface area (TPSA) is 65.5 Å². The van der Waals surface area contributed by atoms with E-state index in [4.69, 9.17) is 0 Å². The second-order valence-corrected chi connectivity index (χ2v) is 4.35. The van der Waals surface area contributed by atoms with Crippen molar-refractivity contribution in [1.82, 2.24) is 15.2 Å². The second-order valence-electron chi connectivity index (χ2n) is 3.43. The summed E-state index contributed by atoms with van der Waals surface area (Å²) in [5.74, 6) is -0.791. The summed E-state index contributed by atoms with van der Waals surface area (Å²) in [6.45, 7) is 3.24. The Hall–Kier alpha value is -0.980. The van der Waals surface area contributed by atoms with E-state index in [1.54, 1.807) is 11.7 Å². The molecule has 1 unspecified atom stereocenters. The van der Waals surface area contributed by atoms with E-state index < -0.39 is 12.0 Å². The maximum atomic E-state index is 11.2. The highest BCUT2D eigenvalue weighted by Gasteiger charge is 2.29. The van der Waals surface area contributed by atoms with Gasteiger partial charge in [0.25, 0.3) is 0 Å². The van der Waals surface area contributed by atoms with Crippen LogP contribution >= 0.6 is 11.3 Å². The number of nitrogens with one attached hydrogen (secondary N) is 1. The number of hydrogen-bond donors (Lipinski definition) is 2. The van der Waals surface area contributed by atoms with Gasteiger partial charge in [-0.05, 0) is 0 Å². The highest BCUT2D eigenvalue weighted by atomic mass is 32.1. The molecule has 2 heterocycles. The van der Waals surface area contributed by atoms with Gasteiger partial charge in [0.2, 0.25) is 0 Å². The number of carboxylic acids is 1. The molecular weight excluding hydrogens is 214 g/mol. The van der Waals surface area contributed by atoms with Gasteiger partial charge in [0, 0.05) is 32.4 Å². The molecule has 1 aliphatic rings. The zero-order valence-corrected chi connectivity index (χ0v) is 9.04. The SMILES string of the molecule is O=C(O)C(c1cncs1)N1CCNCC1. The third-order valence-corrected chi connectivity index (χ3v) is 3.30. The Kier molecular flexibility index (Phi) is 3.30. The van der Waals surface area contributed by atoms with Crippen LogP contribution in [0.2, 0.25) is 0 Å². The Morgan fingerprint density at radius 3 is 2.87 bits per heavy atom. The Labute approximate surface area is 91.7 Å². The van der Waals surface area contributed by atoms with E-state index in [9.17, 15) is 9.90 Å². The van der Waals surface area contributed by atoms with E-state index in [2.05, 4.69) is 10.3 Å². The molecule has 2 rings (SSSR count). The first-order valence-electron chi connectivity index (χ1n) is 4.85.